The number of carbonyl (C=O) groups is 2. The molecule has 0 unspecified atom stereocenters. The van der Waals surface area contributed by atoms with Gasteiger partial charge in [0.15, 0.2) is 0 Å². The smallest absolute Gasteiger partial charge is 0.419 e. The van der Waals surface area contributed by atoms with Gasteiger partial charge in [-0.25, -0.2) is 22.9 Å². The summed E-state index contributed by atoms with van der Waals surface area (Å²) in [5.74, 6) is -3.04. The molecule has 1 saturated heterocycles. The fourth-order valence-electron chi connectivity index (χ4n) is 9.10. The molecule has 0 bridgehead atoms. The number of rotatable bonds is 10. The number of ether oxygens (including phenoxy) is 2. The number of fused-ring (bicyclic) bond motifs is 3. The largest absolute Gasteiger partial charge is 0.444 e. The Morgan fingerprint density at radius 3 is 1.89 bits per heavy atom. The summed E-state index contributed by atoms with van der Waals surface area (Å²) in [6.07, 6.45) is 0.343. The molecule has 2 aromatic heterocycles. The summed E-state index contributed by atoms with van der Waals surface area (Å²) >= 11 is 1.58. The summed E-state index contributed by atoms with van der Waals surface area (Å²) in [5.41, 5.74) is 0.952. The molecule has 1 fully saturated rings. The van der Waals surface area contributed by atoms with Crippen molar-refractivity contribution in [2.24, 2.45) is 5.92 Å². The lowest BCUT2D eigenvalue weighted by atomic mass is 9.91. The van der Waals surface area contributed by atoms with E-state index in [2.05, 4.69) is 26.8 Å². The molecule has 2 aliphatic heterocycles. The number of alkyl halides is 2. The molecule has 2 atom stereocenters. The Hall–Kier alpha value is -4.36. The van der Waals surface area contributed by atoms with E-state index in [0.717, 1.165) is 37.5 Å². The summed E-state index contributed by atoms with van der Waals surface area (Å²) in [5, 5.41) is 2.31. The van der Waals surface area contributed by atoms with E-state index in [4.69, 9.17) is 13.9 Å². The Morgan fingerprint density at radius 2 is 1.31 bits per heavy atom. The first-order valence-corrected chi connectivity index (χ1v) is 24.1. The number of nitrogens with zero attached hydrogens (tertiary/aromatic N) is 3. The fourth-order valence-corrected chi connectivity index (χ4v) is 14.9. The van der Waals surface area contributed by atoms with E-state index in [9.17, 15) is 9.59 Å². The maximum Gasteiger partial charge on any atom is 0.419 e. The number of likely N-dealkylation sites (tertiary alicyclic amines) is 1. The maximum absolute atomic E-state index is 17.2. The van der Waals surface area contributed by atoms with Crippen molar-refractivity contribution in [3.63, 3.8) is 0 Å². The van der Waals surface area contributed by atoms with Gasteiger partial charge in [0.05, 0.1) is 30.4 Å². The number of benzene rings is 3. The van der Waals surface area contributed by atoms with Crippen molar-refractivity contribution >= 4 is 53.1 Å². The highest BCUT2D eigenvalue weighted by molar-refractivity contribution is 7.12. The lowest BCUT2D eigenvalue weighted by Crippen LogP contribution is -2.67. The van der Waals surface area contributed by atoms with Crippen LogP contribution in [-0.4, -0.2) is 84.3 Å². The van der Waals surface area contributed by atoms with Crippen LogP contribution in [0.5, 0.6) is 0 Å². The highest BCUT2D eigenvalue weighted by Gasteiger charge is 2.53. The molecule has 326 valence electrons. The molecule has 8 nitrogen and oxygen atoms in total. The Morgan fingerprint density at radius 1 is 0.754 bits per heavy atom. The highest BCUT2D eigenvalue weighted by Crippen LogP contribution is 2.46. The van der Waals surface area contributed by atoms with E-state index in [-0.39, 0.29) is 18.1 Å². The predicted octanol–water partition coefficient (Wildman–Crippen LogP) is 10.4. The minimum Gasteiger partial charge on any atom is -0.444 e. The lowest BCUT2D eigenvalue weighted by molar-refractivity contribution is -0.0820. The van der Waals surface area contributed by atoms with Crippen molar-refractivity contribution in [3.05, 3.63) is 118 Å². The maximum atomic E-state index is 17.2. The topological polar surface area (TPSA) is 73.2 Å². The average molecular weight is 870 g/mol. The van der Waals surface area contributed by atoms with Crippen LogP contribution >= 0.6 is 11.3 Å². The molecule has 61 heavy (non-hydrogen) atoms. The summed E-state index contributed by atoms with van der Waals surface area (Å²) in [6.45, 7) is 19.1. The Balaban J connectivity index is 1.26. The summed E-state index contributed by atoms with van der Waals surface area (Å²) in [7, 11) is -3.28. The number of carbonyl (C=O) groups excluding carboxylic acids is 2. The molecule has 2 aliphatic rings. The summed E-state index contributed by atoms with van der Waals surface area (Å²) in [6, 6.07) is 30.6. The van der Waals surface area contributed by atoms with Gasteiger partial charge >= 0.3 is 12.2 Å². The molecule has 0 saturated carbocycles. The van der Waals surface area contributed by atoms with Gasteiger partial charge in [0.2, 0.25) is 0 Å². The lowest BCUT2D eigenvalue weighted by Gasteiger charge is -2.45. The first-order chi connectivity index (χ1) is 28.6. The van der Waals surface area contributed by atoms with Gasteiger partial charge in [-0.05, 0) is 106 Å². The van der Waals surface area contributed by atoms with Crippen molar-refractivity contribution < 1.29 is 32.3 Å². The van der Waals surface area contributed by atoms with Gasteiger partial charge in [-0.15, -0.1) is 11.3 Å². The van der Waals surface area contributed by atoms with Crippen LogP contribution in [-0.2, 0) is 26.7 Å². The van der Waals surface area contributed by atoms with Gasteiger partial charge in [0.1, 0.15) is 11.2 Å². The monoisotopic (exact) mass is 869 g/mol. The number of thiophene rings is 1. The second-order valence-electron chi connectivity index (χ2n) is 19.9. The molecule has 7 rings (SSSR count). The van der Waals surface area contributed by atoms with Crippen LogP contribution in [0.25, 0.3) is 10.9 Å². The van der Waals surface area contributed by atoms with Gasteiger partial charge < -0.3 is 18.8 Å². The summed E-state index contributed by atoms with van der Waals surface area (Å²) < 4.78 is 54.6. The first-order valence-electron chi connectivity index (χ1n) is 21.4. The first kappa shape index (κ1) is 44.7. The van der Waals surface area contributed by atoms with Crippen molar-refractivity contribution in [1.29, 1.82) is 0 Å². The Labute approximate surface area is 364 Å². The van der Waals surface area contributed by atoms with Gasteiger partial charge in [0.25, 0.3) is 14.2 Å². The molecule has 0 aliphatic carbocycles. The minimum atomic E-state index is -3.28. The second-order valence-corrected chi connectivity index (χ2v) is 25.4. The number of amides is 1. The molecule has 1 amide bonds. The standard InChI is InChI=1S/C49H61F2N3O5SSi/c1-33-27-39-38-23-17-18-24-40(38)54(45(56)59-47(5,6)7)42(39)43(41-26-25-35(60-41)28-34-29-52(30-34)44(55)58-46(2,3)4)53(33)31-49(50,51)32-57-61(48(8,9)10,36-19-13-11-14-20-36)37-21-15-12-16-22-37/h11-26,33-34,43H,27-32H2,1-10H3/t33-,43-/m1/s1. The molecule has 0 N–H and O–H groups in total. The quantitative estimate of drug-likeness (QED) is 0.130. The zero-order chi connectivity index (χ0) is 44.1. The number of hydrogen-bond acceptors (Lipinski definition) is 7. The number of hydrogen-bond donors (Lipinski definition) is 0. The van der Waals surface area contributed by atoms with Gasteiger partial charge in [-0.1, -0.05) is 99.6 Å². The van der Waals surface area contributed by atoms with Gasteiger partial charge in [0, 0.05) is 34.3 Å². The fraction of sp³-hybridized carbons (Fsp3) is 0.469. The number of halogens is 2. The molecule has 12 heteroatoms. The average Bonchev–Trinajstić information content (AvgIpc) is 3.74. The van der Waals surface area contributed by atoms with Crippen LogP contribution in [0.1, 0.15) is 96.3 Å². The highest BCUT2D eigenvalue weighted by atomic mass is 32.1. The zero-order valence-corrected chi connectivity index (χ0v) is 39.1. The second kappa shape index (κ2) is 16.7. The predicted molar refractivity (Wildman–Crippen MR) is 243 cm³/mol. The molecule has 0 spiro atoms. The van der Waals surface area contributed by atoms with E-state index in [0.29, 0.717) is 30.7 Å². The van der Waals surface area contributed by atoms with Crippen LogP contribution < -0.4 is 10.4 Å². The molecule has 5 aromatic rings. The van der Waals surface area contributed by atoms with Crippen LogP contribution in [0, 0.1) is 5.92 Å². The molecular formula is C49H61F2N3O5SSi. The SMILES string of the molecule is C[C@@H]1Cc2c(n(C(=O)OC(C)(C)C)c3ccccc23)[C@@H](c2ccc(CC3CN(C(=O)OC(C)(C)C)C3)s2)N1CC(F)(F)CO[Si](c1ccccc1)(c1ccccc1)C(C)(C)C. The third kappa shape index (κ3) is 9.38. The third-order valence-corrected chi connectivity index (χ3v) is 17.8. The van der Waals surface area contributed by atoms with Gasteiger partial charge in [-0.2, -0.15) is 0 Å². The molecule has 4 heterocycles. The van der Waals surface area contributed by atoms with E-state index in [1.54, 1.807) is 20.8 Å². The van der Waals surface area contributed by atoms with Crippen molar-refractivity contribution in [2.75, 3.05) is 26.2 Å². The van der Waals surface area contributed by atoms with Crippen molar-refractivity contribution in [2.45, 2.75) is 116 Å². The number of para-hydroxylation sites is 1. The van der Waals surface area contributed by atoms with Crippen LogP contribution in [0.3, 0.4) is 0 Å². The Kier molecular flexibility index (Phi) is 12.3. The van der Waals surface area contributed by atoms with E-state index in [1.807, 2.05) is 144 Å². The molecule has 0 radical (unpaired) electrons. The van der Waals surface area contributed by atoms with Crippen LogP contribution in [0.2, 0.25) is 5.04 Å². The van der Waals surface area contributed by atoms with Crippen LogP contribution in [0.4, 0.5) is 18.4 Å². The molecule has 3 aromatic carbocycles. The molecular weight excluding hydrogens is 809 g/mol. The number of aromatic nitrogens is 1. The minimum absolute atomic E-state index is 0.243. The van der Waals surface area contributed by atoms with Crippen LogP contribution in [0.15, 0.2) is 97.1 Å². The van der Waals surface area contributed by atoms with E-state index >= 15 is 8.78 Å². The van der Waals surface area contributed by atoms with Gasteiger partial charge in [-0.3, -0.25) is 4.90 Å². The normalized spacial score (nSPS) is 18.2. The van der Waals surface area contributed by atoms with Crippen molar-refractivity contribution in [1.82, 2.24) is 14.4 Å². The third-order valence-electron chi connectivity index (χ3n) is 11.6. The van der Waals surface area contributed by atoms with E-state index < -0.39 is 55.8 Å². The summed E-state index contributed by atoms with van der Waals surface area (Å²) in [4.78, 5) is 32.6. The zero-order valence-electron chi connectivity index (χ0n) is 37.3. The Bertz CT molecular complexity index is 2300. The van der Waals surface area contributed by atoms with E-state index in [1.165, 1.54) is 0 Å². The van der Waals surface area contributed by atoms with Crippen molar-refractivity contribution in [3.8, 4) is 0 Å².